The smallest absolute Gasteiger partial charge is 0.416 e. The van der Waals surface area contributed by atoms with Crippen molar-refractivity contribution in [1.29, 1.82) is 0 Å². The molecule has 0 bridgehead atoms. The third kappa shape index (κ3) is 5.75. The van der Waals surface area contributed by atoms with Crippen LogP contribution in [-0.2, 0) is 27.5 Å². The molecular weight excluding hydrogens is 456 g/mol. The molecule has 0 atom stereocenters. The molecule has 0 unspecified atom stereocenters. The normalized spacial score (nSPS) is 16.1. The van der Waals surface area contributed by atoms with E-state index >= 15 is 0 Å². The van der Waals surface area contributed by atoms with Crippen molar-refractivity contribution < 1.29 is 40.6 Å². The van der Waals surface area contributed by atoms with Gasteiger partial charge in [-0.05, 0) is 42.5 Å². The van der Waals surface area contributed by atoms with Crippen molar-refractivity contribution in [1.82, 2.24) is 9.21 Å². The van der Waals surface area contributed by atoms with Gasteiger partial charge >= 0.3 is 12.1 Å². The van der Waals surface area contributed by atoms with Crippen LogP contribution in [0.5, 0.6) is 5.75 Å². The Kier molecular flexibility index (Phi) is 7.06. The molecule has 2 aromatic rings. The summed E-state index contributed by atoms with van der Waals surface area (Å²) >= 11 is 0. The molecular formula is C20H20F4N2O5S. The Balaban J connectivity index is 1.72. The van der Waals surface area contributed by atoms with Gasteiger partial charge in [0.15, 0.2) is 6.61 Å². The third-order valence-electron chi connectivity index (χ3n) is 4.92. The number of alkyl halides is 3. The van der Waals surface area contributed by atoms with Gasteiger partial charge in [0.05, 0.1) is 10.5 Å². The van der Waals surface area contributed by atoms with Crippen molar-refractivity contribution in [2.45, 2.75) is 17.6 Å². The molecule has 12 heteroatoms. The Bertz CT molecular complexity index is 1070. The Morgan fingerprint density at radius 1 is 1.03 bits per heavy atom. The highest BCUT2D eigenvalue weighted by molar-refractivity contribution is 7.89. The van der Waals surface area contributed by atoms with Gasteiger partial charge in [0.25, 0.3) is 0 Å². The number of benzene rings is 2. The highest BCUT2D eigenvalue weighted by Crippen LogP contribution is 2.33. The quantitative estimate of drug-likeness (QED) is 0.619. The zero-order valence-corrected chi connectivity index (χ0v) is 17.5. The van der Waals surface area contributed by atoms with E-state index in [4.69, 9.17) is 9.84 Å². The van der Waals surface area contributed by atoms with Gasteiger partial charge in [0.1, 0.15) is 11.6 Å². The number of aliphatic carboxylic acids is 1. The van der Waals surface area contributed by atoms with Crippen molar-refractivity contribution in [3.8, 4) is 5.75 Å². The van der Waals surface area contributed by atoms with Crippen LogP contribution in [-0.4, -0.2) is 61.5 Å². The van der Waals surface area contributed by atoms with E-state index in [1.165, 1.54) is 16.4 Å². The first-order valence-corrected chi connectivity index (χ1v) is 10.9. The van der Waals surface area contributed by atoms with Crippen LogP contribution in [0.3, 0.4) is 0 Å². The minimum Gasteiger partial charge on any atom is -0.482 e. The number of ether oxygens (including phenoxy) is 1. The van der Waals surface area contributed by atoms with Crippen molar-refractivity contribution in [2.24, 2.45) is 0 Å². The molecule has 0 aromatic heterocycles. The second-order valence-corrected chi connectivity index (χ2v) is 9.07. The molecule has 1 heterocycles. The van der Waals surface area contributed by atoms with Crippen molar-refractivity contribution in [2.75, 3.05) is 32.8 Å². The number of carboxylic acids is 1. The first-order chi connectivity index (χ1) is 15.0. The maximum atomic E-state index is 13.1. The number of halogens is 4. The molecule has 1 aliphatic heterocycles. The zero-order valence-electron chi connectivity index (χ0n) is 16.7. The van der Waals surface area contributed by atoms with E-state index in [0.717, 1.165) is 30.3 Å². The van der Waals surface area contributed by atoms with Crippen LogP contribution in [0.15, 0.2) is 47.4 Å². The molecule has 1 fully saturated rings. The summed E-state index contributed by atoms with van der Waals surface area (Å²) in [5.41, 5.74) is -0.747. The van der Waals surface area contributed by atoms with Crippen molar-refractivity contribution in [3.63, 3.8) is 0 Å². The second kappa shape index (κ2) is 9.43. The minimum atomic E-state index is -4.58. The van der Waals surface area contributed by atoms with E-state index in [-0.39, 0.29) is 48.9 Å². The molecule has 0 radical (unpaired) electrons. The number of sulfonamides is 1. The lowest BCUT2D eigenvalue weighted by Gasteiger charge is -2.34. The average molecular weight is 476 g/mol. The Morgan fingerprint density at radius 3 is 2.22 bits per heavy atom. The maximum Gasteiger partial charge on any atom is 0.416 e. The zero-order chi connectivity index (χ0) is 23.5. The summed E-state index contributed by atoms with van der Waals surface area (Å²) in [6.45, 7) is -0.0522. The molecule has 0 saturated carbocycles. The van der Waals surface area contributed by atoms with Gasteiger partial charge in [-0.25, -0.2) is 17.6 Å². The molecule has 2 aromatic carbocycles. The minimum absolute atomic E-state index is 0.0155. The molecule has 0 aliphatic carbocycles. The Hall–Kier alpha value is -2.70. The lowest BCUT2D eigenvalue weighted by molar-refractivity contribution is -0.140. The first-order valence-electron chi connectivity index (χ1n) is 9.49. The second-order valence-electron chi connectivity index (χ2n) is 7.14. The van der Waals surface area contributed by atoms with Crippen LogP contribution in [0.1, 0.15) is 11.1 Å². The van der Waals surface area contributed by atoms with E-state index in [2.05, 4.69) is 0 Å². The predicted octanol–water partition coefficient (Wildman–Crippen LogP) is 2.81. The Morgan fingerprint density at radius 2 is 1.66 bits per heavy atom. The van der Waals surface area contributed by atoms with E-state index in [9.17, 15) is 30.8 Å². The fraction of sp³-hybridized carbons (Fsp3) is 0.350. The lowest BCUT2D eigenvalue weighted by atomic mass is 10.1. The number of hydrogen-bond acceptors (Lipinski definition) is 5. The average Bonchev–Trinajstić information content (AvgIpc) is 2.73. The molecule has 32 heavy (non-hydrogen) atoms. The van der Waals surface area contributed by atoms with Gasteiger partial charge in [-0.2, -0.15) is 17.5 Å². The summed E-state index contributed by atoms with van der Waals surface area (Å²) in [6, 6.07) is 7.24. The number of carboxylic acid groups (broad SMARTS) is 1. The summed E-state index contributed by atoms with van der Waals surface area (Å²) in [5.74, 6) is -1.81. The SMILES string of the molecule is O=C(O)COc1ccc(C(F)(F)F)cc1CN1CCN(S(=O)(=O)c2ccc(F)cc2)CC1. The maximum absolute atomic E-state index is 13.1. The van der Waals surface area contributed by atoms with Crippen LogP contribution in [0.2, 0.25) is 0 Å². The summed E-state index contributed by atoms with van der Waals surface area (Å²) in [4.78, 5) is 12.5. The van der Waals surface area contributed by atoms with Gasteiger partial charge in [-0.15, -0.1) is 0 Å². The van der Waals surface area contributed by atoms with Crippen LogP contribution in [0, 0.1) is 5.82 Å². The number of carbonyl (C=O) groups is 1. The standard InChI is InChI=1S/C20H20F4N2O5S/c21-16-2-4-17(5-3-16)32(29,30)26-9-7-25(8-10-26)12-14-11-15(20(22,23)24)1-6-18(14)31-13-19(27)28/h1-6,11H,7-10,12-13H2,(H,27,28). The fourth-order valence-electron chi connectivity index (χ4n) is 3.28. The molecule has 3 rings (SSSR count). The van der Waals surface area contributed by atoms with E-state index in [0.29, 0.717) is 0 Å². The molecule has 174 valence electrons. The predicted molar refractivity (Wildman–Crippen MR) is 105 cm³/mol. The van der Waals surface area contributed by atoms with Crippen molar-refractivity contribution >= 4 is 16.0 Å². The molecule has 0 spiro atoms. The van der Waals surface area contributed by atoms with E-state index in [1.54, 1.807) is 4.90 Å². The fourth-order valence-corrected chi connectivity index (χ4v) is 4.71. The largest absolute Gasteiger partial charge is 0.482 e. The van der Waals surface area contributed by atoms with Crippen LogP contribution >= 0.6 is 0 Å². The van der Waals surface area contributed by atoms with Gasteiger partial charge < -0.3 is 9.84 Å². The molecule has 7 nitrogen and oxygen atoms in total. The van der Waals surface area contributed by atoms with E-state index < -0.39 is 40.2 Å². The van der Waals surface area contributed by atoms with Gasteiger partial charge in [0.2, 0.25) is 10.0 Å². The van der Waals surface area contributed by atoms with Crippen LogP contribution in [0.25, 0.3) is 0 Å². The number of rotatable bonds is 7. The molecule has 1 saturated heterocycles. The summed E-state index contributed by atoms with van der Waals surface area (Å²) in [6.07, 6.45) is -4.58. The molecule has 1 aliphatic rings. The summed E-state index contributed by atoms with van der Waals surface area (Å²) in [5, 5.41) is 8.79. The number of nitrogens with zero attached hydrogens (tertiary/aromatic N) is 2. The number of piperazine rings is 1. The van der Waals surface area contributed by atoms with Gasteiger partial charge in [-0.1, -0.05) is 0 Å². The van der Waals surface area contributed by atoms with Crippen molar-refractivity contribution in [3.05, 3.63) is 59.4 Å². The highest BCUT2D eigenvalue weighted by atomic mass is 32.2. The third-order valence-corrected chi connectivity index (χ3v) is 6.83. The van der Waals surface area contributed by atoms with Crippen LogP contribution in [0.4, 0.5) is 17.6 Å². The van der Waals surface area contributed by atoms with E-state index in [1.807, 2.05) is 0 Å². The van der Waals surface area contributed by atoms with Gasteiger partial charge in [-0.3, -0.25) is 4.90 Å². The topological polar surface area (TPSA) is 87.2 Å². The molecule has 1 N–H and O–H groups in total. The summed E-state index contributed by atoms with van der Waals surface area (Å²) in [7, 11) is -3.83. The summed E-state index contributed by atoms with van der Waals surface area (Å²) < 4.78 is 84.2. The van der Waals surface area contributed by atoms with Gasteiger partial charge in [0, 0.05) is 38.3 Å². The number of hydrogen-bond donors (Lipinski definition) is 1. The lowest BCUT2D eigenvalue weighted by Crippen LogP contribution is -2.48. The highest BCUT2D eigenvalue weighted by Gasteiger charge is 2.32. The monoisotopic (exact) mass is 476 g/mol. The van der Waals surface area contributed by atoms with Crippen LogP contribution < -0.4 is 4.74 Å². The molecule has 0 amide bonds. The Labute approximate surface area is 181 Å². The first kappa shape index (κ1) is 24.0.